The molecule has 8 heteroatoms. The fourth-order valence-corrected chi connectivity index (χ4v) is 4.08. The Morgan fingerprint density at radius 2 is 1.94 bits per heavy atom. The van der Waals surface area contributed by atoms with Gasteiger partial charge in [-0.2, -0.15) is 0 Å². The van der Waals surface area contributed by atoms with Gasteiger partial charge in [0.25, 0.3) is 0 Å². The van der Waals surface area contributed by atoms with Crippen LogP contribution in [0.25, 0.3) is 0 Å². The van der Waals surface area contributed by atoms with Crippen molar-refractivity contribution in [3.05, 3.63) is 42.0 Å². The number of aliphatic hydroxyl groups is 1. The number of benzene rings is 2. The molecule has 3 heterocycles. The van der Waals surface area contributed by atoms with Gasteiger partial charge in [0.05, 0.1) is 6.54 Å². The predicted molar refractivity (Wildman–Crippen MR) is 110 cm³/mol. The van der Waals surface area contributed by atoms with Crippen molar-refractivity contribution in [3.8, 4) is 28.7 Å². The molecule has 0 saturated carbocycles. The lowest BCUT2D eigenvalue weighted by atomic mass is 10.0. The number of hydrogen-bond acceptors (Lipinski definition) is 7. The van der Waals surface area contributed by atoms with Crippen molar-refractivity contribution in [3.63, 3.8) is 0 Å². The Bertz CT molecular complexity index is 963. The van der Waals surface area contributed by atoms with Gasteiger partial charge in [-0.05, 0) is 36.2 Å². The maximum Gasteiger partial charge on any atom is 0.231 e. The van der Waals surface area contributed by atoms with E-state index in [1.165, 1.54) is 0 Å². The summed E-state index contributed by atoms with van der Waals surface area (Å²) >= 11 is 0. The number of carbonyl (C=O) groups excluding carboxylic acids is 1. The van der Waals surface area contributed by atoms with Gasteiger partial charge in [0.2, 0.25) is 18.4 Å². The average molecular weight is 427 g/mol. The van der Waals surface area contributed by atoms with E-state index >= 15 is 0 Å². The summed E-state index contributed by atoms with van der Waals surface area (Å²) in [6.45, 7) is 1.99. The highest BCUT2D eigenvalue weighted by atomic mass is 16.7. The Morgan fingerprint density at radius 3 is 2.84 bits per heavy atom. The predicted octanol–water partition coefficient (Wildman–Crippen LogP) is 2.16. The summed E-state index contributed by atoms with van der Waals surface area (Å²) in [5.41, 5.74) is 1.02. The van der Waals surface area contributed by atoms with E-state index in [2.05, 4.69) is 0 Å². The Labute approximate surface area is 180 Å². The summed E-state index contributed by atoms with van der Waals surface area (Å²) in [7, 11) is 0. The maximum atomic E-state index is 12.7. The number of aryl methyl sites for hydroxylation is 1. The fraction of sp³-hybridized carbons (Fsp3) is 0.435. The number of hydrogen-bond donors (Lipinski definition) is 1. The number of likely N-dealkylation sites (tertiary alicyclic amines) is 1. The molecule has 3 aliphatic rings. The Kier molecular flexibility index (Phi) is 5.46. The summed E-state index contributed by atoms with van der Waals surface area (Å²) in [5.74, 6) is 3.25. The largest absolute Gasteiger partial charge is 0.486 e. The highest BCUT2D eigenvalue weighted by Gasteiger charge is 2.32. The lowest BCUT2D eigenvalue weighted by Gasteiger charge is -2.36. The molecule has 0 unspecified atom stereocenters. The molecule has 3 aliphatic heterocycles. The molecule has 164 valence electrons. The second-order valence-corrected chi connectivity index (χ2v) is 7.82. The molecule has 2 aromatic carbocycles. The molecular weight excluding hydrogens is 402 g/mol. The van der Waals surface area contributed by atoms with E-state index in [0.717, 1.165) is 17.1 Å². The molecule has 2 aromatic rings. The molecule has 8 nitrogen and oxygen atoms in total. The van der Waals surface area contributed by atoms with Crippen molar-refractivity contribution in [2.75, 3.05) is 33.1 Å². The maximum absolute atomic E-state index is 12.7. The van der Waals surface area contributed by atoms with E-state index in [1.54, 1.807) is 4.90 Å². The van der Waals surface area contributed by atoms with Crippen molar-refractivity contribution in [2.24, 2.45) is 0 Å². The molecule has 0 aromatic heterocycles. The zero-order chi connectivity index (χ0) is 21.2. The van der Waals surface area contributed by atoms with Crippen LogP contribution >= 0.6 is 0 Å². The quantitative estimate of drug-likeness (QED) is 0.783. The molecule has 0 radical (unpaired) electrons. The number of piperidine rings is 1. The van der Waals surface area contributed by atoms with Crippen molar-refractivity contribution in [1.29, 1.82) is 0 Å². The van der Waals surface area contributed by atoms with Gasteiger partial charge in [0.1, 0.15) is 25.4 Å². The second kappa shape index (κ2) is 8.55. The minimum absolute atomic E-state index is 0.0176. The first kappa shape index (κ1) is 19.8. The van der Waals surface area contributed by atoms with E-state index in [1.807, 2.05) is 36.4 Å². The van der Waals surface area contributed by atoms with Crippen LogP contribution in [-0.2, 0) is 11.2 Å². The third-order valence-corrected chi connectivity index (χ3v) is 5.75. The Hall–Kier alpha value is -3.13. The molecule has 1 fully saturated rings. The normalized spacial score (nSPS) is 21.6. The molecule has 0 spiro atoms. The number of amides is 1. The number of aliphatic hydroxyl groups excluding tert-OH is 1. The van der Waals surface area contributed by atoms with Crippen LogP contribution in [0.1, 0.15) is 18.4 Å². The van der Waals surface area contributed by atoms with Crippen LogP contribution in [0.3, 0.4) is 0 Å². The summed E-state index contributed by atoms with van der Waals surface area (Å²) < 4.78 is 28.0. The van der Waals surface area contributed by atoms with Crippen LogP contribution in [0.5, 0.6) is 28.7 Å². The van der Waals surface area contributed by atoms with Crippen LogP contribution < -0.4 is 23.7 Å². The van der Waals surface area contributed by atoms with E-state index < -0.39 is 12.2 Å². The number of carbonyl (C=O) groups is 1. The van der Waals surface area contributed by atoms with Crippen LogP contribution in [-0.4, -0.2) is 61.2 Å². The highest BCUT2D eigenvalue weighted by molar-refractivity contribution is 5.76. The molecule has 1 saturated heterocycles. The smallest absolute Gasteiger partial charge is 0.231 e. The molecule has 5 rings (SSSR count). The van der Waals surface area contributed by atoms with E-state index in [9.17, 15) is 9.90 Å². The standard InChI is InChI=1S/C23H25NO7/c25-16-13-24(22(26)7-5-15-4-6-18-21(12-15)30-14-29-18)9-8-17(16)31-20-3-1-2-19-23(20)28-11-10-27-19/h1-4,6,12,16-17,25H,5,7-11,13-14H2/t16-,17-/m1/s1. The monoisotopic (exact) mass is 427 g/mol. The van der Waals surface area contributed by atoms with Gasteiger partial charge in [0, 0.05) is 19.4 Å². The lowest BCUT2D eigenvalue weighted by molar-refractivity contribution is -0.137. The molecule has 0 bridgehead atoms. The number of fused-ring (bicyclic) bond motifs is 2. The fourth-order valence-electron chi connectivity index (χ4n) is 4.08. The van der Waals surface area contributed by atoms with Gasteiger partial charge in [-0.25, -0.2) is 0 Å². The summed E-state index contributed by atoms with van der Waals surface area (Å²) in [6, 6.07) is 11.2. The SMILES string of the molecule is O=C(CCc1ccc2c(c1)OCO2)N1CC[C@@H](Oc2cccc3c2OCCO3)[C@H](O)C1. The minimum atomic E-state index is -0.774. The van der Waals surface area contributed by atoms with Crippen LogP contribution in [0, 0.1) is 0 Å². The number of nitrogens with zero attached hydrogens (tertiary/aromatic N) is 1. The molecular formula is C23H25NO7. The van der Waals surface area contributed by atoms with Gasteiger partial charge in [-0.15, -0.1) is 0 Å². The van der Waals surface area contributed by atoms with Crippen LogP contribution in [0.2, 0.25) is 0 Å². The first-order chi connectivity index (χ1) is 15.2. The first-order valence-electron chi connectivity index (χ1n) is 10.6. The molecule has 1 amide bonds. The van der Waals surface area contributed by atoms with E-state index in [0.29, 0.717) is 56.3 Å². The van der Waals surface area contributed by atoms with Crippen LogP contribution in [0.15, 0.2) is 36.4 Å². The Morgan fingerprint density at radius 1 is 1.06 bits per heavy atom. The number of ether oxygens (including phenoxy) is 5. The number of para-hydroxylation sites is 1. The highest BCUT2D eigenvalue weighted by Crippen LogP contribution is 2.40. The van der Waals surface area contributed by atoms with Gasteiger partial charge < -0.3 is 33.7 Å². The lowest BCUT2D eigenvalue weighted by Crippen LogP contribution is -2.51. The van der Waals surface area contributed by atoms with E-state index in [4.69, 9.17) is 23.7 Å². The number of rotatable bonds is 5. The van der Waals surface area contributed by atoms with Gasteiger partial charge >= 0.3 is 0 Å². The zero-order valence-electron chi connectivity index (χ0n) is 17.1. The molecule has 0 aliphatic carbocycles. The summed E-state index contributed by atoms with van der Waals surface area (Å²) in [5, 5.41) is 10.6. The third kappa shape index (κ3) is 4.20. The summed E-state index contributed by atoms with van der Waals surface area (Å²) in [6.07, 6.45) is 0.338. The average Bonchev–Trinajstić information content (AvgIpc) is 3.27. The van der Waals surface area contributed by atoms with Crippen molar-refractivity contribution >= 4 is 5.91 Å². The van der Waals surface area contributed by atoms with Gasteiger partial charge in [-0.1, -0.05) is 12.1 Å². The molecule has 2 atom stereocenters. The van der Waals surface area contributed by atoms with Crippen molar-refractivity contribution < 1.29 is 33.6 Å². The second-order valence-electron chi connectivity index (χ2n) is 7.82. The molecule has 1 N–H and O–H groups in total. The minimum Gasteiger partial charge on any atom is -0.486 e. The Balaban J connectivity index is 1.15. The van der Waals surface area contributed by atoms with Crippen molar-refractivity contribution in [2.45, 2.75) is 31.5 Å². The molecule has 31 heavy (non-hydrogen) atoms. The number of β-amino-alcohol motifs (C(OH)–C–C–N with tert-alkyl or cyclic N) is 1. The topological polar surface area (TPSA) is 86.7 Å². The third-order valence-electron chi connectivity index (χ3n) is 5.75. The first-order valence-corrected chi connectivity index (χ1v) is 10.6. The van der Waals surface area contributed by atoms with Gasteiger partial charge in [0.15, 0.2) is 23.0 Å². The van der Waals surface area contributed by atoms with Gasteiger partial charge in [-0.3, -0.25) is 4.79 Å². The van der Waals surface area contributed by atoms with E-state index in [-0.39, 0.29) is 19.2 Å². The zero-order valence-corrected chi connectivity index (χ0v) is 17.1. The summed E-state index contributed by atoms with van der Waals surface area (Å²) in [4.78, 5) is 14.4. The van der Waals surface area contributed by atoms with Crippen LogP contribution in [0.4, 0.5) is 0 Å². The van der Waals surface area contributed by atoms with Crippen molar-refractivity contribution in [1.82, 2.24) is 4.90 Å².